The third kappa shape index (κ3) is 16.2. The maximum Gasteiger partial charge on any atom is 0.246 e. The fourth-order valence-electron chi connectivity index (χ4n) is 1.59. The summed E-state index contributed by atoms with van der Waals surface area (Å²) in [5.41, 5.74) is -1.02. The molecule has 2 amide bonds. The number of halogens is 1. The lowest BCUT2D eigenvalue weighted by Gasteiger charge is -2.29. The summed E-state index contributed by atoms with van der Waals surface area (Å²) >= 11 is 0. The molecule has 0 bridgehead atoms. The first-order valence-corrected chi connectivity index (χ1v) is 9.13. The van der Waals surface area contributed by atoms with Gasteiger partial charge in [0.25, 0.3) is 0 Å². The summed E-state index contributed by atoms with van der Waals surface area (Å²) in [6, 6.07) is 0. The molecule has 26 heavy (non-hydrogen) atoms. The Kier molecular flexibility index (Phi) is 16.6. The molecule has 2 N–H and O–H groups in total. The van der Waals surface area contributed by atoms with E-state index < -0.39 is 11.8 Å². The number of carbonyl (C=O) groups excluding carboxylic acids is 2. The summed E-state index contributed by atoms with van der Waals surface area (Å²) in [7, 11) is 0. The van der Waals surface area contributed by atoms with Crippen molar-refractivity contribution in [2.75, 3.05) is 39.5 Å². The summed E-state index contributed by atoms with van der Waals surface area (Å²) < 4.78 is 29.9. The van der Waals surface area contributed by atoms with Gasteiger partial charge in [-0.1, -0.05) is 13.8 Å². The van der Waals surface area contributed by atoms with Crippen molar-refractivity contribution in [3.05, 3.63) is 0 Å². The average Bonchev–Trinajstić information content (AvgIpc) is 2.58. The van der Waals surface area contributed by atoms with Crippen LogP contribution in [0.1, 0.15) is 48.5 Å². The highest BCUT2D eigenvalue weighted by Gasteiger charge is 2.30. The van der Waals surface area contributed by atoms with Crippen molar-refractivity contribution < 1.29 is 28.2 Å². The predicted molar refractivity (Wildman–Crippen MR) is 99.9 cm³/mol. The van der Waals surface area contributed by atoms with E-state index in [0.717, 1.165) is 0 Å². The van der Waals surface area contributed by atoms with E-state index in [1.165, 1.54) is 6.92 Å². The molecule has 0 aliphatic carbocycles. The number of carbonyl (C=O) groups is 2. The topological polar surface area (TPSA) is 85.9 Å². The Balaban J connectivity index is 0. The normalized spacial score (nSPS) is 12.2. The summed E-state index contributed by atoms with van der Waals surface area (Å²) in [4.78, 5) is 22.1. The smallest absolute Gasteiger partial charge is 0.246 e. The molecule has 0 saturated heterocycles. The number of nitrogens with one attached hydrogen (secondary N) is 2. The number of hydrogen-bond acceptors (Lipinski definition) is 5. The number of hydrogen-bond donors (Lipinski definition) is 2. The number of rotatable bonds is 13. The van der Waals surface area contributed by atoms with Crippen molar-refractivity contribution in [3.8, 4) is 0 Å². The minimum atomic E-state index is -1.32. The van der Waals surface area contributed by atoms with Gasteiger partial charge >= 0.3 is 0 Å². The lowest BCUT2D eigenvalue weighted by atomic mass is 10.0. The van der Waals surface area contributed by atoms with E-state index in [1.807, 2.05) is 27.7 Å². The van der Waals surface area contributed by atoms with Crippen molar-refractivity contribution in [1.29, 1.82) is 0 Å². The number of alkyl halides is 1. The summed E-state index contributed by atoms with van der Waals surface area (Å²) in [5.74, 6) is -0.472. The monoisotopic (exact) mass is 380 g/mol. The maximum atomic E-state index is 13.9. The molecule has 0 aliphatic rings. The number of ether oxygens (including phenoxy) is 3. The fraction of sp³-hybridized carbons (Fsp3) is 0.889. The van der Waals surface area contributed by atoms with Crippen molar-refractivity contribution >= 4 is 11.8 Å². The Morgan fingerprint density at radius 1 is 1.08 bits per heavy atom. The van der Waals surface area contributed by atoms with Crippen LogP contribution in [0.25, 0.3) is 0 Å². The zero-order valence-electron chi connectivity index (χ0n) is 17.3. The van der Waals surface area contributed by atoms with Crippen LogP contribution in [0.3, 0.4) is 0 Å². The Morgan fingerprint density at radius 2 is 1.69 bits per heavy atom. The second kappa shape index (κ2) is 16.0. The Labute approximate surface area is 157 Å². The van der Waals surface area contributed by atoms with Crippen LogP contribution in [0.4, 0.5) is 4.39 Å². The van der Waals surface area contributed by atoms with Crippen LogP contribution in [0.5, 0.6) is 0 Å². The lowest BCUT2D eigenvalue weighted by molar-refractivity contribution is -0.127. The molecule has 0 spiro atoms. The summed E-state index contributed by atoms with van der Waals surface area (Å²) in [6.07, 6.45) is -1.31. The van der Waals surface area contributed by atoms with Gasteiger partial charge in [0.05, 0.1) is 38.1 Å². The van der Waals surface area contributed by atoms with E-state index in [4.69, 9.17) is 14.2 Å². The van der Waals surface area contributed by atoms with Gasteiger partial charge in [-0.15, -0.1) is 0 Å². The average molecular weight is 381 g/mol. The van der Waals surface area contributed by atoms with E-state index in [-0.39, 0.29) is 44.3 Å². The molecular formula is C18H37FN2O5. The van der Waals surface area contributed by atoms with Gasteiger partial charge < -0.3 is 24.8 Å². The molecular weight excluding hydrogens is 343 g/mol. The van der Waals surface area contributed by atoms with Crippen LogP contribution in [0, 0.1) is 0 Å². The van der Waals surface area contributed by atoms with Gasteiger partial charge in [-0.25, -0.2) is 4.39 Å². The number of amides is 2. The van der Waals surface area contributed by atoms with Crippen molar-refractivity contribution in [3.63, 3.8) is 0 Å². The van der Waals surface area contributed by atoms with Crippen LogP contribution in [0.15, 0.2) is 0 Å². The summed E-state index contributed by atoms with van der Waals surface area (Å²) in [5, 5.41) is 5.08. The van der Waals surface area contributed by atoms with Gasteiger partial charge in [-0.2, -0.15) is 0 Å². The zero-order chi connectivity index (χ0) is 20.6. The Morgan fingerprint density at radius 3 is 2.23 bits per heavy atom. The molecule has 0 aromatic rings. The second-order valence-electron chi connectivity index (χ2n) is 6.18. The first-order chi connectivity index (χ1) is 12.1. The molecule has 1 unspecified atom stereocenters. The fourth-order valence-corrected chi connectivity index (χ4v) is 1.59. The van der Waals surface area contributed by atoms with Gasteiger partial charge in [-0.05, 0) is 27.7 Å². The van der Waals surface area contributed by atoms with Gasteiger partial charge in [0.1, 0.15) is 12.8 Å². The zero-order valence-corrected chi connectivity index (χ0v) is 17.3. The van der Waals surface area contributed by atoms with Crippen LogP contribution < -0.4 is 10.6 Å². The highest BCUT2D eigenvalue weighted by atomic mass is 19.1. The van der Waals surface area contributed by atoms with Gasteiger partial charge in [0.15, 0.2) is 0 Å². The van der Waals surface area contributed by atoms with Gasteiger partial charge in [0, 0.05) is 13.5 Å². The SMILES string of the molecule is CC.CC(=O)NCC(F)C(C)(C)OCCOCCNC(=O)COC(C)C. The molecule has 156 valence electrons. The molecule has 1 atom stereocenters. The molecule has 0 aromatic heterocycles. The van der Waals surface area contributed by atoms with E-state index in [9.17, 15) is 14.0 Å². The lowest BCUT2D eigenvalue weighted by Crippen LogP contribution is -2.44. The largest absolute Gasteiger partial charge is 0.377 e. The van der Waals surface area contributed by atoms with Crippen LogP contribution >= 0.6 is 0 Å². The first kappa shape index (κ1) is 27.0. The Hall–Kier alpha value is -1.25. The molecule has 0 fully saturated rings. The highest BCUT2D eigenvalue weighted by molar-refractivity contribution is 5.77. The minimum absolute atomic E-state index is 0.0116. The minimum Gasteiger partial charge on any atom is -0.377 e. The van der Waals surface area contributed by atoms with Crippen LogP contribution in [-0.2, 0) is 23.8 Å². The quantitative estimate of drug-likeness (QED) is 0.476. The molecule has 0 heterocycles. The molecule has 0 aromatic carbocycles. The Bertz CT molecular complexity index is 379. The van der Waals surface area contributed by atoms with Crippen molar-refractivity contribution in [1.82, 2.24) is 10.6 Å². The third-order valence-corrected chi connectivity index (χ3v) is 3.10. The molecule has 0 rings (SSSR count). The van der Waals surface area contributed by atoms with Crippen LogP contribution in [-0.4, -0.2) is 69.2 Å². The van der Waals surface area contributed by atoms with E-state index in [2.05, 4.69) is 10.6 Å². The van der Waals surface area contributed by atoms with Gasteiger partial charge in [-0.3, -0.25) is 9.59 Å². The van der Waals surface area contributed by atoms with Crippen molar-refractivity contribution in [2.45, 2.75) is 66.3 Å². The second-order valence-corrected chi connectivity index (χ2v) is 6.18. The maximum absolute atomic E-state index is 13.9. The van der Waals surface area contributed by atoms with Crippen LogP contribution in [0.2, 0.25) is 0 Å². The van der Waals surface area contributed by atoms with Crippen molar-refractivity contribution in [2.24, 2.45) is 0 Å². The summed E-state index contributed by atoms with van der Waals surface area (Å²) in [6.45, 7) is 13.4. The first-order valence-electron chi connectivity index (χ1n) is 9.13. The standard InChI is InChI=1S/C16H31FN2O5.C2H6/c1-12(2)23-11-15(21)18-6-7-22-8-9-24-16(4,5)14(17)10-19-13(3)20;1-2/h12,14H,6-11H2,1-5H3,(H,18,21)(H,19,20);1-2H3. The third-order valence-electron chi connectivity index (χ3n) is 3.10. The predicted octanol–water partition coefficient (Wildman–Crippen LogP) is 1.84. The van der Waals surface area contributed by atoms with E-state index in [0.29, 0.717) is 13.2 Å². The van der Waals surface area contributed by atoms with E-state index >= 15 is 0 Å². The molecule has 0 aliphatic heterocycles. The van der Waals surface area contributed by atoms with E-state index in [1.54, 1.807) is 13.8 Å². The highest BCUT2D eigenvalue weighted by Crippen LogP contribution is 2.17. The molecule has 8 heteroatoms. The van der Waals surface area contributed by atoms with Gasteiger partial charge in [0.2, 0.25) is 11.8 Å². The molecule has 0 radical (unpaired) electrons. The molecule has 7 nitrogen and oxygen atoms in total. The molecule has 0 saturated carbocycles.